The molecule has 1 fully saturated rings. The van der Waals surface area contributed by atoms with Crippen LogP contribution in [-0.2, 0) is 8.85 Å². The summed E-state index contributed by atoms with van der Waals surface area (Å²) < 4.78 is 11.7. The molecule has 1 aliphatic rings. The Morgan fingerprint density at radius 3 is 1.93 bits per heavy atom. The lowest BCUT2D eigenvalue weighted by molar-refractivity contribution is 0.152. The lowest BCUT2D eigenvalue weighted by Gasteiger charge is -2.52. The molecule has 0 N–H and O–H groups in total. The van der Waals surface area contributed by atoms with E-state index in [1.807, 2.05) is 14.2 Å². The van der Waals surface area contributed by atoms with Crippen molar-refractivity contribution in [3.63, 3.8) is 0 Å². The molecule has 1 rings (SSSR count). The number of hydrogen-bond donors (Lipinski definition) is 0. The van der Waals surface area contributed by atoms with Gasteiger partial charge in [-0.25, -0.2) is 0 Å². The quantitative estimate of drug-likeness (QED) is 0.659. The fourth-order valence-corrected chi connectivity index (χ4v) is 7.71. The summed E-state index contributed by atoms with van der Waals surface area (Å²) in [5.41, 5.74) is 0.601. The van der Waals surface area contributed by atoms with Gasteiger partial charge >= 0.3 is 8.56 Å². The average Bonchev–Trinajstić information content (AvgIpc) is 2.14. The Hall–Kier alpha value is 0.137. The van der Waals surface area contributed by atoms with E-state index in [0.29, 0.717) is 11.5 Å². The molecule has 2 nitrogen and oxygen atoms in total. The molecule has 1 saturated heterocycles. The zero-order chi connectivity index (χ0) is 11.0. The second-order valence-corrected chi connectivity index (χ2v) is 9.60. The summed E-state index contributed by atoms with van der Waals surface area (Å²) in [5, 5.41) is 0.216. The topological polar surface area (TPSA) is 18.5 Å². The van der Waals surface area contributed by atoms with Gasteiger partial charge in [0.25, 0.3) is 0 Å². The zero-order valence-electron chi connectivity index (χ0n) is 10.4. The van der Waals surface area contributed by atoms with Crippen LogP contribution in [0, 0.1) is 5.92 Å². The highest BCUT2D eigenvalue weighted by Gasteiger charge is 2.59. The minimum Gasteiger partial charge on any atom is -0.397 e. The molecular weight excluding hydrogens is 192 g/mol. The van der Waals surface area contributed by atoms with Crippen LogP contribution in [0.4, 0.5) is 0 Å². The van der Waals surface area contributed by atoms with Gasteiger partial charge in [0, 0.05) is 24.8 Å². The number of rotatable bonds is 2. The van der Waals surface area contributed by atoms with Crippen molar-refractivity contribution in [2.24, 2.45) is 5.92 Å². The summed E-state index contributed by atoms with van der Waals surface area (Å²) in [7, 11) is 1.63. The first-order valence-corrected chi connectivity index (χ1v) is 7.42. The van der Waals surface area contributed by atoms with Crippen molar-refractivity contribution in [2.45, 2.75) is 51.1 Å². The summed E-state index contributed by atoms with van der Waals surface area (Å²) in [6.07, 6.45) is 2.55. The molecule has 84 valence electrons. The van der Waals surface area contributed by atoms with Crippen LogP contribution in [-0.4, -0.2) is 22.8 Å². The Morgan fingerprint density at radius 2 is 1.57 bits per heavy atom. The van der Waals surface area contributed by atoms with Gasteiger partial charge in [0.1, 0.15) is 0 Å². The zero-order valence-corrected chi connectivity index (χ0v) is 11.4. The molecule has 0 spiro atoms. The van der Waals surface area contributed by atoms with Crippen LogP contribution in [0.5, 0.6) is 0 Å². The van der Waals surface area contributed by atoms with Gasteiger partial charge in [-0.15, -0.1) is 0 Å². The van der Waals surface area contributed by atoms with Crippen molar-refractivity contribution in [1.29, 1.82) is 0 Å². The third kappa shape index (κ3) is 1.46. The third-order valence-corrected chi connectivity index (χ3v) is 9.51. The predicted molar refractivity (Wildman–Crippen MR) is 61.6 cm³/mol. The number of hydrogen-bond acceptors (Lipinski definition) is 2. The molecule has 1 heterocycles. The highest BCUT2D eigenvalue weighted by Crippen LogP contribution is 2.56. The summed E-state index contributed by atoms with van der Waals surface area (Å²) >= 11 is 0. The van der Waals surface area contributed by atoms with Crippen molar-refractivity contribution < 1.29 is 8.85 Å². The lowest BCUT2D eigenvalue weighted by atomic mass is 9.90. The maximum atomic E-state index is 5.84. The molecule has 0 aromatic heterocycles. The largest absolute Gasteiger partial charge is 0.397 e. The summed E-state index contributed by atoms with van der Waals surface area (Å²) in [4.78, 5) is 0. The highest BCUT2D eigenvalue weighted by molar-refractivity contribution is 6.72. The Bertz CT molecular complexity index is 199. The molecule has 0 aromatic carbocycles. The molecule has 2 atom stereocenters. The summed E-state index contributed by atoms with van der Waals surface area (Å²) in [6, 6.07) is 0. The van der Waals surface area contributed by atoms with Crippen LogP contribution in [0.15, 0.2) is 0 Å². The van der Waals surface area contributed by atoms with Gasteiger partial charge in [0.05, 0.1) is 0 Å². The minimum absolute atomic E-state index is 0.216. The molecule has 0 radical (unpaired) electrons. The van der Waals surface area contributed by atoms with Crippen LogP contribution >= 0.6 is 0 Å². The minimum atomic E-state index is -2.02. The van der Waals surface area contributed by atoms with Gasteiger partial charge < -0.3 is 8.85 Å². The molecule has 0 saturated carbocycles. The molecule has 2 unspecified atom stereocenters. The summed E-state index contributed by atoms with van der Waals surface area (Å²) in [6.45, 7) is 9.23. The maximum Gasteiger partial charge on any atom is 0.346 e. The first-order chi connectivity index (χ1) is 6.42. The van der Waals surface area contributed by atoms with Crippen LogP contribution in [0.2, 0.25) is 10.6 Å². The van der Waals surface area contributed by atoms with E-state index in [9.17, 15) is 0 Å². The van der Waals surface area contributed by atoms with Gasteiger partial charge in [-0.05, 0) is 12.3 Å². The van der Waals surface area contributed by atoms with Crippen LogP contribution < -0.4 is 0 Å². The van der Waals surface area contributed by atoms with E-state index in [1.165, 1.54) is 12.8 Å². The second kappa shape index (κ2) is 3.95. The standard InChI is InChI=1S/C11H24O2Si/c1-9-7-8-10(2)14(12-5,13-6)11(9,3)4/h9-10H,7-8H2,1-6H3. The van der Waals surface area contributed by atoms with Gasteiger partial charge in [0.2, 0.25) is 0 Å². The van der Waals surface area contributed by atoms with Gasteiger partial charge in [-0.2, -0.15) is 0 Å². The normalized spacial score (nSPS) is 35.6. The SMILES string of the molecule is CO[Si]1(OC)C(C)CCC(C)C1(C)C. The molecular formula is C11H24O2Si. The Morgan fingerprint density at radius 1 is 1.07 bits per heavy atom. The van der Waals surface area contributed by atoms with E-state index in [1.54, 1.807) is 0 Å². The smallest absolute Gasteiger partial charge is 0.346 e. The van der Waals surface area contributed by atoms with E-state index >= 15 is 0 Å². The Kier molecular flexibility index (Phi) is 3.44. The molecule has 0 aromatic rings. The van der Waals surface area contributed by atoms with Crippen LogP contribution in [0.1, 0.15) is 40.5 Å². The Balaban J connectivity index is 3.06. The fraction of sp³-hybridized carbons (Fsp3) is 1.00. The molecule has 14 heavy (non-hydrogen) atoms. The summed E-state index contributed by atoms with van der Waals surface area (Å²) in [5.74, 6) is 0.699. The predicted octanol–water partition coefficient (Wildman–Crippen LogP) is 3.32. The molecule has 0 bridgehead atoms. The molecule has 3 heteroatoms. The molecule has 1 aliphatic heterocycles. The monoisotopic (exact) mass is 216 g/mol. The average molecular weight is 216 g/mol. The highest BCUT2D eigenvalue weighted by atomic mass is 28.4. The van der Waals surface area contributed by atoms with Gasteiger partial charge in [-0.1, -0.05) is 34.1 Å². The van der Waals surface area contributed by atoms with E-state index in [-0.39, 0.29) is 5.04 Å². The molecule has 0 aliphatic carbocycles. The van der Waals surface area contributed by atoms with Crippen molar-refractivity contribution in [3.8, 4) is 0 Å². The first-order valence-electron chi connectivity index (χ1n) is 5.52. The molecule has 0 amide bonds. The van der Waals surface area contributed by atoms with Gasteiger partial charge in [-0.3, -0.25) is 0 Å². The van der Waals surface area contributed by atoms with E-state index < -0.39 is 8.56 Å². The fourth-order valence-electron chi connectivity index (χ4n) is 3.04. The Labute approximate surface area is 89.2 Å². The first kappa shape index (κ1) is 12.2. The maximum absolute atomic E-state index is 5.84. The van der Waals surface area contributed by atoms with E-state index in [0.717, 1.165) is 0 Å². The van der Waals surface area contributed by atoms with Crippen molar-refractivity contribution >= 4 is 8.56 Å². The van der Waals surface area contributed by atoms with Gasteiger partial charge in [0.15, 0.2) is 0 Å². The second-order valence-electron chi connectivity index (χ2n) is 5.18. The lowest BCUT2D eigenvalue weighted by Crippen LogP contribution is -2.57. The van der Waals surface area contributed by atoms with Crippen molar-refractivity contribution in [2.75, 3.05) is 14.2 Å². The van der Waals surface area contributed by atoms with E-state index in [2.05, 4.69) is 27.7 Å². The van der Waals surface area contributed by atoms with Crippen LogP contribution in [0.25, 0.3) is 0 Å². The van der Waals surface area contributed by atoms with Crippen LogP contribution in [0.3, 0.4) is 0 Å². The third-order valence-electron chi connectivity index (χ3n) is 4.42. The van der Waals surface area contributed by atoms with E-state index in [4.69, 9.17) is 8.85 Å². The van der Waals surface area contributed by atoms with Crippen molar-refractivity contribution in [1.82, 2.24) is 0 Å². The van der Waals surface area contributed by atoms with Crippen molar-refractivity contribution in [3.05, 3.63) is 0 Å².